The number of benzene rings is 3. The van der Waals surface area contributed by atoms with E-state index in [0.717, 1.165) is 22.1 Å². The van der Waals surface area contributed by atoms with Gasteiger partial charge >= 0.3 is 5.97 Å². The number of rotatable bonds is 2. The highest BCUT2D eigenvalue weighted by molar-refractivity contribution is 7.99. The predicted octanol–water partition coefficient (Wildman–Crippen LogP) is 4.94. The van der Waals surface area contributed by atoms with E-state index in [1.807, 2.05) is 27.0 Å². The van der Waals surface area contributed by atoms with Crippen LogP contribution in [-0.4, -0.2) is 96.2 Å². The number of aromatic amines is 1. The Labute approximate surface area is 332 Å². The maximum absolute atomic E-state index is 14.8. The number of H-pyrrole nitrogens is 1. The van der Waals surface area contributed by atoms with Crippen LogP contribution in [0.1, 0.15) is 68.9 Å². The third-order valence-electron chi connectivity index (χ3n) is 13.1. The number of esters is 1. The molecule has 2 saturated heterocycles. The van der Waals surface area contributed by atoms with E-state index in [1.165, 1.54) is 37.9 Å². The molecule has 0 radical (unpaired) electrons. The minimum atomic E-state index is -1.28. The second kappa shape index (κ2) is 13.1. The van der Waals surface area contributed by atoms with Gasteiger partial charge in [0, 0.05) is 70.2 Å². The molecule has 0 amide bonds. The normalized spacial score (nSPS) is 28.9. The van der Waals surface area contributed by atoms with Gasteiger partial charge in [-0.1, -0.05) is 6.07 Å². The summed E-state index contributed by atoms with van der Waals surface area (Å²) in [6.45, 7) is 5.27. The molecule has 11 rings (SSSR count). The van der Waals surface area contributed by atoms with Crippen molar-refractivity contribution < 1.29 is 42.8 Å². The van der Waals surface area contributed by atoms with Crippen LogP contribution in [0.5, 0.6) is 28.7 Å². The predicted molar refractivity (Wildman–Crippen MR) is 206 cm³/mol. The van der Waals surface area contributed by atoms with Gasteiger partial charge in [0.25, 0.3) is 0 Å². The first-order valence-electron chi connectivity index (χ1n) is 19.2. The van der Waals surface area contributed by atoms with Gasteiger partial charge in [0.2, 0.25) is 6.79 Å². The number of likely N-dealkylation sites (N-methyl/N-ethyl adjacent to an activating group) is 1. The van der Waals surface area contributed by atoms with E-state index >= 15 is 0 Å². The highest BCUT2D eigenvalue weighted by Gasteiger charge is 2.61. The largest absolute Gasteiger partial charge is 0.504 e. The van der Waals surface area contributed by atoms with E-state index in [-0.39, 0.29) is 49.2 Å². The van der Waals surface area contributed by atoms with Gasteiger partial charge in [-0.3, -0.25) is 24.7 Å². The van der Waals surface area contributed by atoms with Crippen LogP contribution in [0.2, 0.25) is 0 Å². The molecule has 1 aromatic heterocycles. The highest BCUT2D eigenvalue weighted by atomic mass is 32.2. The standard InChI is InChI=1S/C42H42FN5O8S/c1-18-10-21-11-26-27(13-44)48-28-14-53-15-29(50)42(41-24(8-9-45-42)23-7-6-22(43)12-25(23)46-41)16-57-40(34(48)33(47(26)4)30(21)35(51)36(18)52-5)32-31(28)39-38(54-17-55-39)19(2)37(32)56-20(3)49/h6-7,10,12,26-28,33-34,40,45-46,51H,8-9,11,14-17H2,1-5H3/t26-,27-,28+,33+,34?,40+,42-/m0/s1. The Hall–Kier alpha value is -4.85. The number of aromatic hydroxyl groups is 1. The van der Waals surface area contributed by atoms with Crippen LogP contribution in [0.15, 0.2) is 24.3 Å². The van der Waals surface area contributed by atoms with E-state index < -0.39 is 40.9 Å². The van der Waals surface area contributed by atoms with Crippen LogP contribution >= 0.6 is 11.8 Å². The number of aryl methyl sites for hydroxylation is 1. The molecule has 57 heavy (non-hydrogen) atoms. The van der Waals surface area contributed by atoms with E-state index in [0.29, 0.717) is 75.8 Å². The number of phenols is 1. The van der Waals surface area contributed by atoms with E-state index in [1.54, 1.807) is 6.07 Å². The van der Waals surface area contributed by atoms with Gasteiger partial charge in [0.1, 0.15) is 29.8 Å². The fourth-order valence-electron chi connectivity index (χ4n) is 10.8. The van der Waals surface area contributed by atoms with Gasteiger partial charge in [-0.15, -0.1) is 11.8 Å². The van der Waals surface area contributed by atoms with Crippen molar-refractivity contribution in [3.8, 4) is 34.8 Å². The van der Waals surface area contributed by atoms with E-state index in [2.05, 4.69) is 26.2 Å². The van der Waals surface area contributed by atoms with Gasteiger partial charge < -0.3 is 33.8 Å². The molecule has 1 unspecified atom stereocenters. The van der Waals surface area contributed by atoms with Crippen molar-refractivity contribution >= 4 is 34.4 Å². The lowest BCUT2D eigenvalue weighted by Crippen LogP contribution is -2.69. The SMILES string of the molecule is COc1c(C)cc2c(c1O)[C@@H]1C3[C@@H]4SC[C@]5(NCCc6c5[nH]c5cc(F)ccc65)C(=O)COC[C@H](c5c6c(c(C)c(OC(C)=O)c54)OCO6)N3[C@@H](C#N)[C@H](C2)N1C. The smallest absolute Gasteiger partial charge is 0.308 e. The molecule has 3 aromatic carbocycles. The Morgan fingerprint density at radius 1 is 1.16 bits per heavy atom. The number of ketones is 1. The van der Waals surface area contributed by atoms with E-state index in [4.69, 9.17) is 23.7 Å². The van der Waals surface area contributed by atoms with Crippen molar-refractivity contribution in [3.63, 3.8) is 0 Å². The van der Waals surface area contributed by atoms with Gasteiger partial charge in [0.15, 0.2) is 28.8 Å². The molecule has 296 valence electrons. The van der Waals surface area contributed by atoms with Gasteiger partial charge in [-0.25, -0.2) is 4.39 Å². The van der Waals surface area contributed by atoms with Gasteiger partial charge in [-0.05, 0) is 68.6 Å². The second-order valence-electron chi connectivity index (χ2n) is 15.9. The number of piperazine rings is 1. The number of hydrogen-bond acceptors (Lipinski definition) is 13. The Balaban J connectivity index is 1.26. The van der Waals surface area contributed by atoms with Crippen molar-refractivity contribution in [2.24, 2.45) is 0 Å². The molecule has 1 spiro atoms. The second-order valence-corrected chi connectivity index (χ2v) is 17.0. The number of methoxy groups -OCH3 is 1. The molecule has 0 aliphatic carbocycles. The third-order valence-corrected chi connectivity index (χ3v) is 14.6. The molecular formula is C42H42FN5O8S. The number of carbonyl (C=O) groups excluding carboxylic acids is 2. The summed E-state index contributed by atoms with van der Waals surface area (Å²) in [6.07, 6.45) is 1.13. The fraction of sp³-hybridized carbons (Fsp3) is 0.452. The minimum Gasteiger partial charge on any atom is -0.504 e. The van der Waals surface area contributed by atoms with Crippen molar-refractivity contribution in [1.29, 1.82) is 5.26 Å². The first-order chi connectivity index (χ1) is 27.5. The van der Waals surface area contributed by atoms with Crippen LogP contribution in [-0.2, 0) is 32.7 Å². The van der Waals surface area contributed by atoms with Crippen molar-refractivity contribution in [2.75, 3.05) is 46.5 Å². The number of nitrogens with one attached hydrogen (secondary N) is 2. The van der Waals surface area contributed by atoms with Crippen LogP contribution in [0.4, 0.5) is 4.39 Å². The summed E-state index contributed by atoms with van der Waals surface area (Å²) in [5.74, 6) is 0.804. The Morgan fingerprint density at radius 3 is 2.74 bits per heavy atom. The number of fused-ring (bicyclic) bond motifs is 12. The summed E-state index contributed by atoms with van der Waals surface area (Å²) < 4.78 is 45.4. The summed E-state index contributed by atoms with van der Waals surface area (Å²) in [7, 11) is 3.53. The number of carbonyl (C=O) groups is 2. The fourth-order valence-corrected chi connectivity index (χ4v) is 12.5. The third kappa shape index (κ3) is 5.00. The van der Waals surface area contributed by atoms with Crippen LogP contribution in [0.3, 0.4) is 0 Å². The molecule has 2 fully saturated rings. The highest BCUT2D eigenvalue weighted by Crippen LogP contribution is 2.64. The van der Waals surface area contributed by atoms with Crippen molar-refractivity contribution in [2.45, 2.75) is 74.6 Å². The molecule has 7 aliphatic heterocycles. The molecule has 13 nitrogen and oxygen atoms in total. The molecule has 4 bridgehead atoms. The zero-order valence-electron chi connectivity index (χ0n) is 32.2. The molecule has 15 heteroatoms. The Morgan fingerprint density at radius 2 is 1.96 bits per heavy atom. The summed E-state index contributed by atoms with van der Waals surface area (Å²) in [5, 5.41) is 27.2. The number of nitrogens with zero attached hydrogens (tertiary/aromatic N) is 3. The van der Waals surface area contributed by atoms with Crippen molar-refractivity contribution in [1.82, 2.24) is 20.1 Å². The maximum Gasteiger partial charge on any atom is 0.308 e. The number of aromatic nitrogens is 1. The zero-order valence-corrected chi connectivity index (χ0v) is 33.0. The van der Waals surface area contributed by atoms with Gasteiger partial charge in [0.05, 0.1) is 37.1 Å². The molecule has 0 saturated carbocycles. The molecule has 3 N–H and O–H groups in total. The lowest BCUT2D eigenvalue weighted by molar-refractivity contribution is -0.133. The number of ether oxygens (including phenoxy) is 5. The number of hydrogen-bond donors (Lipinski definition) is 3. The molecule has 4 aromatic rings. The molecule has 8 heterocycles. The Bertz CT molecular complexity index is 2470. The van der Waals surface area contributed by atoms with E-state index in [9.17, 15) is 24.3 Å². The lowest BCUT2D eigenvalue weighted by Gasteiger charge is -2.61. The van der Waals surface area contributed by atoms with Crippen molar-refractivity contribution in [3.05, 3.63) is 74.7 Å². The maximum atomic E-state index is 14.8. The summed E-state index contributed by atoms with van der Waals surface area (Å²) in [5.41, 5.74) is 5.34. The quantitative estimate of drug-likeness (QED) is 0.185. The number of thioether (sulfide) groups is 1. The first kappa shape index (κ1) is 36.5. The number of halogens is 1. The molecule has 7 aliphatic rings. The number of nitriles is 1. The minimum absolute atomic E-state index is 0.0107. The van der Waals surface area contributed by atoms with Crippen LogP contribution in [0, 0.1) is 31.0 Å². The first-order valence-corrected chi connectivity index (χ1v) is 20.2. The molecule has 7 atom stereocenters. The number of phenolic OH excluding ortho intramolecular Hbond substituents is 1. The average molecular weight is 796 g/mol. The average Bonchev–Trinajstić information content (AvgIpc) is 3.81. The lowest BCUT2D eigenvalue weighted by atomic mass is 9.71. The summed E-state index contributed by atoms with van der Waals surface area (Å²) in [4.78, 5) is 35.7. The number of Topliss-reactive ketones (excluding diaryl/α,β-unsaturated/α-hetero) is 1. The zero-order chi connectivity index (χ0) is 39.7. The van der Waals surface area contributed by atoms with Crippen LogP contribution in [0.25, 0.3) is 10.9 Å². The summed E-state index contributed by atoms with van der Waals surface area (Å²) >= 11 is 1.52. The van der Waals surface area contributed by atoms with Gasteiger partial charge in [-0.2, -0.15) is 5.26 Å². The topological polar surface area (TPSA) is 159 Å². The van der Waals surface area contributed by atoms with Crippen LogP contribution < -0.4 is 24.3 Å². The monoisotopic (exact) mass is 795 g/mol. The summed E-state index contributed by atoms with van der Waals surface area (Å²) in [6, 6.07) is 6.73. The Kier molecular flexibility index (Phi) is 8.38. The molecular weight excluding hydrogens is 754 g/mol.